The monoisotopic (exact) mass is 279 g/mol. The molecule has 0 aliphatic heterocycles. The van der Waals surface area contributed by atoms with Gasteiger partial charge in [0.25, 0.3) is 5.91 Å². The Hall–Kier alpha value is -1.85. The van der Waals surface area contributed by atoms with Crippen LogP contribution in [0.25, 0.3) is 0 Å². The predicted octanol–water partition coefficient (Wildman–Crippen LogP) is 1.58. The van der Waals surface area contributed by atoms with E-state index >= 15 is 0 Å². The molecule has 6 nitrogen and oxygen atoms in total. The summed E-state index contributed by atoms with van der Waals surface area (Å²) in [7, 11) is 1.79. The van der Waals surface area contributed by atoms with Crippen LogP contribution in [0.4, 0.5) is 0 Å². The minimum atomic E-state index is -0.819. The van der Waals surface area contributed by atoms with Gasteiger partial charge in [0, 0.05) is 19.8 Å². The van der Waals surface area contributed by atoms with Crippen LogP contribution in [0, 0.1) is 5.41 Å². The van der Waals surface area contributed by atoms with E-state index in [4.69, 9.17) is 0 Å². The Bertz CT molecular complexity index is 488. The van der Waals surface area contributed by atoms with Crippen molar-refractivity contribution in [3.8, 4) is 0 Å². The topological polar surface area (TPSA) is 84.2 Å². The van der Waals surface area contributed by atoms with Gasteiger partial charge < -0.3 is 15.0 Å². The van der Waals surface area contributed by atoms with E-state index in [9.17, 15) is 14.7 Å². The highest BCUT2D eigenvalue weighted by Crippen LogP contribution is 2.34. The van der Waals surface area contributed by atoms with E-state index in [0.29, 0.717) is 18.5 Å². The van der Waals surface area contributed by atoms with Crippen molar-refractivity contribution >= 4 is 11.9 Å². The molecule has 0 saturated heterocycles. The molecular formula is C14H21N3O3. The molecular weight excluding hydrogens is 258 g/mol. The summed E-state index contributed by atoms with van der Waals surface area (Å²) in [6, 6.07) is 0. The van der Waals surface area contributed by atoms with Crippen LogP contribution < -0.4 is 5.32 Å². The minimum absolute atomic E-state index is 0.178. The average Bonchev–Trinajstić information content (AvgIpc) is 2.71. The van der Waals surface area contributed by atoms with Crippen LogP contribution in [0.3, 0.4) is 0 Å². The highest BCUT2D eigenvalue weighted by molar-refractivity contribution is 5.92. The smallest absolute Gasteiger partial charge is 0.311 e. The van der Waals surface area contributed by atoms with Crippen molar-refractivity contribution in [1.82, 2.24) is 14.9 Å². The first kappa shape index (κ1) is 14.6. The van der Waals surface area contributed by atoms with Gasteiger partial charge in [-0.15, -0.1) is 0 Å². The second-order valence-electron chi connectivity index (χ2n) is 5.61. The van der Waals surface area contributed by atoms with Crippen LogP contribution in [0.1, 0.15) is 49.0 Å². The molecule has 110 valence electrons. The first-order valence-corrected chi connectivity index (χ1v) is 7.03. The lowest BCUT2D eigenvalue weighted by Crippen LogP contribution is -2.43. The molecule has 1 aromatic heterocycles. The second kappa shape index (κ2) is 6.07. The SMILES string of the molecule is Cn1cnc(C(=O)NCC2(C(=O)O)CCCCCC2)c1. The third-order valence-electron chi connectivity index (χ3n) is 4.04. The molecule has 0 atom stereocenters. The molecule has 6 heteroatoms. The maximum Gasteiger partial charge on any atom is 0.311 e. The molecule has 2 N–H and O–H groups in total. The third-order valence-corrected chi connectivity index (χ3v) is 4.04. The summed E-state index contributed by atoms with van der Waals surface area (Å²) < 4.78 is 1.69. The number of aryl methyl sites for hydroxylation is 1. The number of hydrogen-bond donors (Lipinski definition) is 2. The fraction of sp³-hybridized carbons (Fsp3) is 0.643. The van der Waals surface area contributed by atoms with Crippen LogP contribution in [0.15, 0.2) is 12.5 Å². The van der Waals surface area contributed by atoms with Crippen LogP contribution in [-0.2, 0) is 11.8 Å². The number of amides is 1. The fourth-order valence-corrected chi connectivity index (χ4v) is 2.74. The first-order chi connectivity index (χ1) is 9.53. The lowest BCUT2D eigenvalue weighted by atomic mass is 9.80. The van der Waals surface area contributed by atoms with Gasteiger partial charge in [0.05, 0.1) is 11.7 Å². The highest BCUT2D eigenvalue weighted by atomic mass is 16.4. The molecule has 1 heterocycles. The molecule has 1 aliphatic carbocycles. The molecule has 1 aliphatic rings. The summed E-state index contributed by atoms with van der Waals surface area (Å²) >= 11 is 0. The van der Waals surface area contributed by atoms with E-state index in [2.05, 4.69) is 10.3 Å². The zero-order valence-electron chi connectivity index (χ0n) is 11.8. The van der Waals surface area contributed by atoms with Crippen LogP contribution in [-0.4, -0.2) is 33.1 Å². The quantitative estimate of drug-likeness (QED) is 0.819. The zero-order chi connectivity index (χ0) is 14.6. The average molecular weight is 279 g/mol. The first-order valence-electron chi connectivity index (χ1n) is 7.03. The fourth-order valence-electron chi connectivity index (χ4n) is 2.74. The number of nitrogens with zero attached hydrogens (tertiary/aromatic N) is 2. The van der Waals surface area contributed by atoms with Gasteiger partial charge in [-0.1, -0.05) is 25.7 Å². The summed E-state index contributed by atoms with van der Waals surface area (Å²) in [4.78, 5) is 27.6. The number of nitrogens with one attached hydrogen (secondary N) is 1. The van der Waals surface area contributed by atoms with Crippen molar-refractivity contribution in [2.45, 2.75) is 38.5 Å². The number of carboxylic acid groups (broad SMARTS) is 1. The summed E-state index contributed by atoms with van der Waals surface area (Å²) in [5.74, 6) is -1.11. The summed E-state index contributed by atoms with van der Waals surface area (Å²) in [5, 5.41) is 12.3. The molecule has 2 rings (SSSR count). The van der Waals surface area contributed by atoms with Crippen molar-refractivity contribution in [2.24, 2.45) is 12.5 Å². The molecule has 0 radical (unpaired) electrons. The van der Waals surface area contributed by atoms with Crippen molar-refractivity contribution in [1.29, 1.82) is 0 Å². The third kappa shape index (κ3) is 3.18. The van der Waals surface area contributed by atoms with E-state index in [0.717, 1.165) is 25.7 Å². The minimum Gasteiger partial charge on any atom is -0.481 e. The molecule has 20 heavy (non-hydrogen) atoms. The number of carboxylic acids is 1. The molecule has 0 aromatic carbocycles. The van der Waals surface area contributed by atoms with Crippen LogP contribution in [0.2, 0.25) is 0 Å². The van der Waals surface area contributed by atoms with Gasteiger partial charge in [-0.05, 0) is 12.8 Å². The predicted molar refractivity (Wildman–Crippen MR) is 73.3 cm³/mol. The number of carbonyl (C=O) groups excluding carboxylic acids is 1. The highest BCUT2D eigenvalue weighted by Gasteiger charge is 2.39. The van der Waals surface area contributed by atoms with E-state index in [1.165, 1.54) is 0 Å². The normalized spacial score (nSPS) is 18.2. The second-order valence-corrected chi connectivity index (χ2v) is 5.61. The van der Waals surface area contributed by atoms with Crippen molar-refractivity contribution in [3.63, 3.8) is 0 Å². The number of hydrogen-bond acceptors (Lipinski definition) is 3. The van der Waals surface area contributed by atoms with Crippen molar-refractivity contribution < 1.29 is 14.7 Å². The van der Waals surface area contributed by atoms with Gasteiger partial charge in [0.15, 0.2) is 0 Å². The number of carbonyl (C=O) groups is 2. The lowest BCUT2D eigenvalue weighted by Gasteiger charge is -2.28. The molecule has 1 saturated carbocycles. The number of imidazole rings is 1. The molecule has 0 spiro atoms. The van der Waals surface area contributed by atoms with Crippen LogP contribution in [0.5, 0.6) is 0 Å². The summed E-state index contributed by atoms with van der Waals surface area (Å²) in [6.45, 7) is 0.178. The van der Waals surface area contributed by atoms with Crippen molar-refractivity contribution in [2.75, 3.05) is 6.54 Å². The Morgan fingerprint density at radius 1 is 1.35 bits per heavy atom. The number of aliphatic carboxylic acids is 1. The van der Waals surface area contributed by atoms with Crippen molar-refractivity contribution in [3.05, 3.63) is 18.2 Å². The van der Waals surface area contributed by atoms with Gasteiger partial charge in [-0.25, -0.2) is 4.98 Å². The molecule has 0 unspecified atom stereocenters. The lowest BCUT2D eigenvalue weighted by molar-refractivity contribution is -0.149. The van der Waals surface area contributed by atoms with E-state index in [-0.39, 0.29) is 12.5 Å². The standard InChI is InChI=1S/C14H21N3O3/c1-17-8-11(16-10-17)12(18)15-9-14(13(19)20)6-4-2-3-5-7-14/h8,10H,2-7,9H2,1H3,(H,15,18)(H,19,20). The maximum atomic E-state index is 12.0. The summed E-state index contributed by atoms with van der Waals surface area (Å²) in [6.07, 6.45) is 8.39. The van der Waals surface area contributed by atoms with Gasteiger partial charge in [0.2, 0.25) is 0 Å². The molecule has 1 aromatic rings. The van der Waals surface area contributed by atoms with E-state index in [1.54, 1.807) is 24.1 Å². The Balaban J connectivity index is 2.01. The van der Waals surface area contributed by atoms with Gasteiger partial charge >= 0.3 is 5.97 Å². The Morgan fingerprint density at radius 3 is 2.50 bits per heavy atom. The Kier molecular flexibility index (Phi) is 4.42. The van der Waals surface area contributed by atoms with Crippen LogP contribution >= 0.6 is 0 Å². The largest absolute Gasteiger partial charge is 0.481 e. The molecule has 1 fully saturated rings. The van der Waals surface area contributed by atoms with Gasteiger partial charge in [-0.3, -0.25) is 9.59 Å². The van der Waals surface area contributed by atoms with E-state index < -0.39 is 11.4 Å². The Morgan fingerprint density at radius 2 is 2.00 bits per heavy atom. The van der Waals surface area contributed by atoms with Gasteiger partial charge in [0.1, 0.15) is 5.69 Å². The molecule has 1 amide bonds. The van der Waals surface area contributed by atoms with Gasteiger partial charge in [-0.2, -0.15) is 0 Å². The van der Waals surface area contributed by atoms with E-state index in [1.807, 2.05) is 0 Å². The zero-order valence-corrected chi connectivity index (χ0v) is 11.8. The molecule has 0 bridgehead atoms. The number of aromatic nitrogens is 2. The summed E-state index contributed by atoms with van der Waals surface area (Å²) in [5.41, 5.74) is -0.498. The Labute approximate surface area is 118 Å². The maximum absolute atomic E-state index is 12.0. The number of rotatable bonds is 4.